The summed E-state index contributed by atoms with van der Waals surface area (Å²) >= 11 is 8.15. The summed E-state index contributed by atoms with van der Waals surface area (Å²) in [6.07, 6.45) is 0. The lowest BCUT2D eigenvalue weighted by Gasteiger charge is -2.06. The molecular formula is C13H7ClINO. The van der Waals surface area contributed by atoms with Crippen LogP contribution in [0.5, 0.6) is 11.5 Å². The molecule has 0 spiro atoms. The summed E-state index contributed by atoms with van der Waals surface area (Å²) in [6.45, 7) is 0. The Kier molecular flexibility index (Phi) is 3.87. The second-order valence-electron chi connectivity index (χ2n) is 3.31. The smallest absolute Gasteiger partial charge is 0.129 e. The Bertz CT molecular complexity index is 575. The second-order valence-corrected chi connectivity index (χ2v) is 4.96. The number of hydrogen-bond donors (Lipinski definition) is 0. The van der Waals surface area contributed by atoms with E-state index in [2.05, 4.69) is 22.6 Å². The molecule has 0 atom stereocenters. The first-order valence-corrected chi connectivity index (χ1v) is 6.28. The highest BCUT2D eigenvalue weighted by molar-refractivity contribution is 14.1. The first-order chi connectivity index (χ1) is 8.19. The molecule has 0 aliphatic rings. The van der Waals surface area contributed by atoms with Gasteiger partial charge in [-0.05, 0) is 59.0 Å². The topological polar surface area (TPSA) is 33.0 Å². The van der Waals surface area contributed by atoms with Crippen molar-refractivity contribution in [3.8, 4) is 17.6 Å². The van der Waals surface area contributed by atoms with Crippen LogP contribution < -0.4 is 4.74 Å². The fraction of sp³-hybridized carbons (Fsp3) is 0. The number of halogens is 2. The fourth-order valence-electron chi connectivity index (χ4n) is 1.29. The molecule has 2 aromatic rings. The maximum atomic E-state index is 8.75. The minimum absolute atomic E-state index is 0.399. The van der Waals surface area contributed by atoms with Crippen molar-refractivity contribution in [1.29, 1.82) is 5.26 Å². The monoisotopic (exact) mass is 355 g/mol. The van der Waals surface area contributed by atoms with Crippen molar-refractivity contribution in [1.82, 2.24) is 0 Å². The minimum Gasteiger partial charge on any atom is -0.457 e. The predicted octanol–water partition coefficient (Wildman–Crippen LogP) is 4.61. The number of rotatable bonds is 2. The number of nitrogens with zero attached hydrogens (tertiary/aromatic N) is 1. The van der Waals surface area contributed by atoms with Crippen molar-refractivity contribution in [2.45, 2.75) is 0 Å². The highest BCUT2D eigenvalue weighted by Crippen LogP contribution is 2.26. The van der Waals surface area contributed by atoms with Crippen LogP contribution in [-0.2, 0) is 0 Å². The molecule has 17 heavy (non-hydrogen) atoms. The van der Waals surface area contributed by atoms with E-state index in [0.29, 0.717) is 16.3 Å². The van der Waals surface area contributed by atoms with E-state index in [1.807, 2.05) is 30.3 Å². The molecule has 0 N–H and O–H groups in total. The number of hydrogen-bond acceptors (Lipinski definition) is 2. The molecule has 4 heteroatoms. The first-order valence-electron chi connectivity index (χ1n) is 4.82. The molecule has 0 saturated heterocycles. The van der Waals surface area contributed by atoms with Crippen LogP contribution >= 0.6 is 34.2 Å². The molecule has 0 aromatic heterocycles. The molecule has 0 heterocycles. The van der Waals surface area contributed by atoms with Gasteiger partial charge in [0.25, 0.3) is 0 Å². The van der Waals surface area contributed by atoms with Crippen molar-refractivity contribution in [2.24, 2.45) is 0 Å². The Morgan fingerprint density at radius 1 is 1.06 bits per heavy atom. The number of ether oxygens (including phenoxy) is 1. The standard InChI is InChI=1S/C13H7ClINO/c14-13-7-12(4-1-9(13)8-16)17-11-5-2-10(15)3-6-11/h1-7H. The first kappa shape index (κ1) is 12.2. The molecule has 0 aliphatic carbocycles. The summed E-state index contributed by atoms with van der Waals surface area (Å²) in [7, 11) is 0. The lowest BCUT2D eigenvalue weighted by Crippen LogP contribution is -1.85. The largest absolute Gasteiger partial charge is 0.457 e. The Balaban J connectivity index is 2.22. The van der Waals surface area contributed by atoms with Crippen LogP contribution in [0.25, 0.3) is 0 Å². The zero-order valence-corrected chi connectivity index (χ0v) is 11.6. The van der Waals surface area contributed by atoms with Gasteiger partial charge in [-0.1, -0.05) is 11.6 Å². The van der Waals surface area contributed by atoms with E-state index in [9.17, 15) is 0 Å². The van der Waals surface area contributed by atoms with Crippen LogP contribution in [0.2, 0.25) is 5.02 Å². The van der Waals surface area contributed by atoms with E-state index in [1.165, 1.54) is 0 Å². The lowest BCUT2D eigenvalue weighted by atomic mass is 10.2. The molecule has 0 aliphatic heterocycles. The molecule has 0 radical (unpaired) electrons. The van der Waals surface area contributed by atoms with Crippen molar-refractivity contribution in [3.63, 3.8) is 0 Å². The van der Waals surface area contributed by atoms with Crippen molar-refractivity contribution < 1.29 is 4.74 Å². The number of nitriles is 1. The van der Waals surface area contributed by atoms with Gasteiger partial charge in [0.05, 0.1) is 10.6 Å². The van der Waals surface area contributed by atoms with Crippen molar-refractivity contribution >= 4 is 34.2 Å². The third-order valence-electron chi connectivity index (χ3n) is 2.11. The van der Waals surface area contributed by atoms with E-state index < -0.39 is 0 Å². The average Bonchev–Trinajstić information content (AvgIpc) is 2.32. The molecule has 84 valence electrons. The van der Waals surface area contributed by atoms with Crippen LogP contribution in [0.4, 0.5) is 0 Å². The predicted molar refractivity (Wildman–Crippen MR) is 75.4 cm³/mol. The van der Waals surface area contributed by atoms with Crippen molar-refractivity contribution in [3.05, 3.63) is 56.6 Å². The van der Waals surface area contributed by atoms with E-state index in [1.54, 1.807) is 18.2 Å². The van der Waals surface area contributed by atoms with E-state index >= 15 is 0 Å². The Morgan fingerprint density at radius 3 is 2.29 bits per heavy atom. The third-order valence-corrected chi connectivity index (χ3v) is 3.14. The third kappa shape index (κ3) is 3.11. The summed E-state index contributed by atoms with van der Waals surface area (Å²) in [6, 6.07) is 14.7. The van der Waals surface area contributed by atoms with Gasteiger partial charge in [-0.3, -0.25) is 0 Å². The molecule has 2 rings (SSSR count). The molecular weight excluding hydrogens is 349 g/mol. The maximum Gasteiger partial charge on any atom is 0.129 e. The summed E-state index contributed by atoms with van der Waals surface area (Å²) in [5, 5.41) is 9.15. The van der Waals surface area contributed by atoms with Gasteiger partial charge in [0.1, 0.15) is 17.6 Å². The van der Waals surface area contributed by atoms with Gasteiger partial charge in [-0.2, -0.15) is 5.26 Å². The van der Waals surface area contributed by atoms with Crippen LogP contribution in [0, 0.1) is 14.9 Å². The zero-order chi connectivity index (χ0) is 12.3. The SMILES string of the molecule is N#Cc1ccc(Oc2ccc(I)cc2)cc1Cl. The molecule has 0 fully saturated rings. The Hall–Kier alpha value is -1.25. The van der Waals surface area contributed by atoms with Crippen LogP contribution in [0.1, 0.15) is 5.56 Å². The summed E-state index contributed by atoms with van der Waals surface area (Å²) in [5.74, 6) is 1.36. The summed E-state index contributed by atoms with van der Waals surface area (Å²) < 4.78 is 6.76. The highest BCUT2D eigenvalue weighted by atomic mass is 127. The normalized spacial score (nSPS) is 9.71. The minimum atomic E-state index is 0.399. The Morgan fingerprint density at radius 2 is 1.71 bits per heavy atom. The zero-order valence-electron chi connectivity index (χ0n) is 8.65. The fourth-order valence-corrected chi connectivity index (χ4v) is 1.86. The van der Waals surface area contributed by atoms with E-state index in [4.69, 9.17) is 21.6 Å². The van der Waals surface area contributed by atoms with Gasteiger partial charge >= 0.3 is 0 Å². The van der Waals surface area contributed by atoms with Gasteiger partial charge in [0.2, 0.25) is 0 Å². The van der Waals surface area contributed by atoms with Gasteiger partial charge in [-0.25, -0.2) is 0 Å². The summed E-state index contributed by atoms with van der Waals surface area (Å²) in [4.78, 5) is 0. The van der Waals surface area contributed by atoms with Crippen molar-refractivity contribution in [2.75, 3.05) is 0 Å². The van der Waals surface area contributed by atoms with Gasteiger partial charge < -0.3 is 4.74 Å². The van der Waals surface area contributed by atoms with Crippen LogP contribution in [0.15, 0.2) is 42.5 Å². The molecule has 2 nitrogen and oxygen atoms in total. The van der Waals surface area contributed by atoms with Gasteiger partial charge in [0.15, 0.2) is 0 Å². The maximum absolute atomic E-state index is 8.75. The molecule has 2 aromatic carbocycles. The second kappa shape index (κ2) is 5.39. The highest BCUT2D eigenvalue weighted by Gasteiger charge is 2.02. The van der Waals surface area contributed by atoms with Gasteiger partial charge in [-0.15, -0.1) is 0 Å². The molecule has 0 amide bonds. The molecule has 0 bridgehead atoms. The molecule has 0 saturated carbocycles. The van der Waals surface area contributed by atoms with Crippen LogP contribution in [0.3, 0.4) is 0 Å². The van der Waals surface area contributed by atoms with E-state index in [0.717, 1.165) is 9.32 Å². The van der Waals surface area contributed by atoms with E-state index in [-0.39, 0.29) is 0 Å². The van der Waals surface area contributed by atoms with Gasteiger partial charge in [0, 0.05) is 9.64 Å². The quantitative estimate of drug-likeness (QED) is 0.737. The average molecular weight is 356 g/mol. The number of benzene rings is 2. The Labute approximate surface area is 118 Å². The molecule has 0 unspecified atom stereocenters. The van der Waals surface area contributed by atoms with Crippen LogP contribution in [-0.4, -0.2) is 0 Å². The lowest BCUT2D eigenvalue weighted by molar-refractivity contribution is 0.482. The summed E-state index contributed by atoms with van der Waals surface area (Å²) in [5.41, 5.74) is 0.446.